The van der Waals surface area contributed by atoms with Gasteiger partial charge in [-0.05, 0) is 0 Å². The Bertz CT molecular complexity index is 458. The van der Waals surface area contributed by atoms with Gasteiger partial charge < -0.3 is 4.98 Å². The molecule has 0 amide bonds. The predicted molar refractivity (Wildman–Crippen MR) is 47.4 cm³/mol. The highest BCUT2D eigenvalue weighted by atomic mass is 16.6. The van der Waals surface area contributed by atoms with Crippen LogP contribution in [0, 0.1) is 10.1 Å². The Hall–Kier alpha value is -2.18. The second kappa shape index (κ2) is 2.95. The Morgan fingerprint density at radius 2 is 2.36 bits per heavy atom. The number of nitro groups is 1. The number of H-pyrrole nitrogens is 1. The summed E-state index contributed by atoms with van der Waals surface area (Å²) in [5.41, 5.74) is 0.973. The van der Waals surface area contributed by atoms with E-state index in [-0.39, 0.29) is 5.69 Å². The number of aromatic amines is 1. The summed E-state index contributed by atoms with van der Waals surface area (Å²) >= 11 is 0. The first-order valence-corrected chi connectivity index (χ1v) is 3.85. The lowest BCUT2D eigenvalue weighted by molar-refractivity contribution is -0.384. The molecule has 14 heavy (non-hydrogen) atoms. The van der Waals surface area contributed by atoms with Crippen molar-refractivity contribution in [3.8, 4) is 11.4 Å². The fourth-order valence-electron chi connectivity index (χ4n) is 1.26. The monoisotopic (exact) mass is 193 g/mol. The SMILES string of the molecule is Cn1ncc([N+](=O)[O-])c1-c1cnc[nH]1. The summed E-state index contributed by atoms with van der Waals surface area (Å²) in [6, 6.07) is 0. The van der Waals surface area contributed by atoms with E-state index in [0.717, 1.165) is 0 Å². The van der Waals surface area contributed by atoms with Gasteiger partial charge in [-0.3, -0.25) is 14.8 Å². The molecule has 2 aromatic heterocycles. The van der Waals surface area contributed by atoms with Crippen molar-refractivity contribution in [3.05, 3.63) is 28.8 Å². The molecule has 0 aliphatic carbocycles. The van der Waals surface area contributed by atoms with Crippen molar-refractivity contribution >= 4 is 5.69 Å². The molecular formula is C7H7N5O2. The quantitative estimate of drug-likeness (QED) is 0.562. The van der Waals surface area contributed by atoms with Crippen LogP contribution in [0.5, 0.6) is 0 Å². The molecule has 2 heterocycles. The molecule has 2 aromatic rings. The molecule has 0 bridgehead atoms. The molecule has 0 aliphatic rings. The van der Waals surface area contributed by atoms with Crippen LogP contribution in [0.25, 0.3) is 11.4 Å². The fourth-order valence-corrected chi connectivity index (χ4v) is 1.26. The van der Waals surface area contributed by atoms with Crippen LogP contribution >= 0.6 is 0 Å². The van der Waals surface area contributed by atoms with Gasteiger partial charge in [0.15, 0.2) is 5.69 Å². The predicted octanol–water partition coefficient (Wildman–Crippen LogP) is 0.718. The minimum atomic E-state index is -0.469. The van der Waals surface area contributed by atoms with E-state index in [4.69, 9.17) is 0 Å². The normalized spacial score (nSPS) is 10.4. The van der Waals surface area contributed by atoms with Crippen molar-refractivity contribution in [3.63, 3.8) is 0 Å². The lowest BCUT2D eigenvalue weighted by atomic mass is 10.3. The number of aryl methyl sites for hydroxylation is 1. The van der Waals surface area contributed by atoms with E-state index in [0.29, 0.717) is 11.4 Å². The highest BCUT2D eigenvalue weighted by Gasteiger charge is 2.21. The largest absolute Gasteiger partial charge is 0.343 e. The molecular weight excluding hydrogens is 186 g/mol. The summed E-state index contributed by atoms with van der Waals surface area (Å²) in [7, 11) is 1.64. The van der Waals surface area contributed by atoms with E-state index in [1.54, 1.807) is 7.05 Å². The van der Waals surface area contributed by atoms with Crippen molar-refractivity contribution in [1.29, 1.82) is 0 Å². The van der Waals surface area contributed by atoms with E-state index in [9.17, 15) is 10.1 Å². The standard InChI is InChI=1S/C7H7N5O2/c1-11-7(5-2-8-4-9-5)6(3-10-11)12(13)14/h2-4H,1H3,(H,8,9). The Morgan fingerprint density at radius 3 is 2.93 bits per heavy atom. The fraction of sp³-hybridized carbons (Fsp3) is 0.143. The van der Waals surface area contributed by atoms with Gasteiger partial charge >= 0.3 is 5.69 Å². The zero-order chi connectivity index (χ0) is 10.1. The average molecular weight is 193 g/mol. The maximum Gasteiger partial charge on any atom is 0.316 e. The summed E-state index contributed by atoms with van der Waals surface area (Å²) in [6.45, 7) is 0. The number of rotatable bonds is 2. The van der Waals surface area contributed by atoms with Gasteiger partial charge in [-0.2, -0.15) is 5.10 Å². The lowest BCUT2D eigenvalue weighted by Gasteiger charge is -1.96. The van der Waals surface area contributed by atoms with Crippen molar-refractivity contribution in [2.24, 2.45) is 7.05 Å². The van der Waals surface area contributed by atoms with Crippen LogP contribution in [0.3, 0.4) is 0 Å². The Labute approximate surface area is 78.5 Å². The molecule has 0 spiro atoms. The van der Waals surface area contributed by atoms with E-state index >= 15 is 0 Å². The van der Waals surface area contributed by atoms with E-state index in [1.165, 1.54) is 23.4 Å². The van der Waals surface area contributed by atoms with Gasteiger partial charge in [-0.15, -0.1) is 0 Å². The van der Waals surface area contributed by atoms with Gasteiger partial charge in [0, 0.05) is 7.05 Å². The van der Waals surface area contributed by atoms with Gasteiger partial charge in [0.25, 0.3) is 0 Å². The Balaban J connectivity index is 2.62. The molecule has 7 nitrogen and oxygen atoms in total. The van der Waals surface area contributed by atoms with Crippen molar-refractivity contribution in [1.82, 2.24) is 19.7 Å². The van der Waals surface area contributed by atoms with Gasteiger partial charge in [-0.1, -0.05) is 0 Å². The number of imidazole rings is 1. The smallest absolute Gasteiger partial charge is 0.316 e. The van der Waals surface area contributed by atoms with Crippen molar-refractivity contribution in [2.45, 2.75) is 0 Å². The first kappa shape index (κ1) is 8.42. The maximum atomic E-state index is 10.6. The second-order valence-electron chi connectivity index (χ2n) is 2.72. The number of aromatic nitrogens is 4. The van der Waals surface area contributed by atoms with Gasteiger partial charge in [0.05, 0.1) is 23.1 Å². The second-order valence-corrected chi connectivity index (χ2v) is 2.72. The molecule has 0 saturated carbocycles. The third-order valence-corrected chi connectivity index (χ3v) is 1.87. The van der Waals surface area contributed by atoms with Crippen LogP contribution < -0.4 is 0 Å². The number of hydrogen-bond acceptors (Lipinski definition) is 4. The van der Waals surface area contributed by atoms with Crippen LogP contribution in [0.4, 0.5) is 5.69 Å². The Morgan fingerprint density at radius 1 is 1.57 bits per heavy atom. The molecule has 0 saturated heterocycles. The van der Waals surface area contributed by atoms with Crippen LogP contribution in [0.2, 0.25) is 0 Å². The third-order valence-electron chi connectivity index (χ3n) is 1.87. The lowest BCUT2D eigenvalue weighted by Crippen LogP contribution is -1.96. The Kier molecular flexibility index (Phi) is 1.77. The molecule has 0 aliphatic heterocycles. The summed E-state index contributed by atoms with van der Waals surface area (Å²) in [6.07, 6.45) is 4.20. The number of hydrogen-bond donors (Lipinski definition) is 1. The van der Waals surface area contributed by atoms with E-state index < -0.39 is 4.92 Å². The van der Waals surface area contributed by atoms with Gasteiger partial charge in [0.1, 0.15) is 6.20 Å². The zero-order valence-corrected chi connectivity index (χ0v) is 7.34. The molecule has 72 valence electrons. The minimum Gasteiger partial charge on any atom is -0.343 e. The minimum absolute atomic E-state index is 0.0308. The van der Waals surface area contributed by atoms with Crippen LogP contribution in [0.1, 0.15) is 0 Å². The van der Waals surface area contributed by atoms with Crippen molar-refractivity contribution < 1.29 is 4.92 Å². The third kappa shape index (κ3) is 1.15. The first-order valence-electron chi connectivity index (χ1n) is 3.85. The summed E-state index contributed by atoms with van der Waals surface area (Å²) in [5, 5.41) is 14.5. The molecule has 0 fully saturated rings. The molecule has 0 atom stereocenters. The van der Waals surface area contributed by atoms with Crippen molar-refractivity contribution in [2.75, 3.05) is 0 Å². The summed E-state index contributed by atoms with van der Waals surface area (Å²) < 4.78 is 1.44. The molecule has 0 aromatic carbocycles. The van der Waals surface area contributed by atoms with Gasteiger partial charge in [0.2, 0.25) is 0 Å². The van der Waals surface area contributed by atoms with Crippen LogP contribution in [-0.4, -0.2) is 24.7 Å². The average Bonchev–Trinajstić information content (AvgIpc) is 2.71. The molecule has 1 N–H and O–H groups in total. The molecule has 0 radical (unpaired) electrons. The molecule has 0 unspecified atom stereocenters. The summed E-state index contributed by atoms with van der Waals surface area (Å²) in [5.74, 6) is 0. The van der Waals surface area contributed by atoms with E-state index in [2.05, 4.69) is 15.1 Å². The highest BCUT2D eigenvalue weighted by molar-refractivity contribution is 5.65. The maximum absolute atomic E-state index is 10.6. The molecule has 7 heteroatoms. The highest BCUT2D eigenvalue weighted by Crippen LogP contribution is 2.26. The summed E-state index contributed by atoms with van der Waals surface area (Å²) in [4.78, 5) is 16.8. The number of nitrogens with zero attached hydrogens (tertiary/aromatic N) is 4. The molecule has 2 rings (SSSR count). The van der Waals surface area contributed by atoms with Gasteiger partial charge in [-0.25, -0.2) is 4.98 Å². The van der Waals surface area contributed by atoms with Crippen LogP contribution in [-0.2, 0) is 7.05 Å². The number of nitrogens with one attached hydrogen (secondary N) is 1. The topological polar surface area (TPSA) is 89.6 Å². The van der Waals surface area contributed by atoms with Crippen LogP contribution in [0.15, 0.2) is 18.7 Å². The zero-order valence-electron chi connectivity index (χ0n) is 7.34. The first-order chi connectivity index (χ1) is 6.70. The van der Waals surface area contributed by atoms with E-state index in [1.807, 2.05) is 0 Å².